The van der Waals surface area contributed by atoms with Gasteiger partial charge in [0.05, 0.1) is 12.2 Å². The number of hydrogen-bond donors (Lipinski definition) is 1. The van der Waals surface area contributed by atoms with Crippen LogP contribution in [0.25, 0.3) is 0 Å². The van der Waals surface area contributed by atoms with E-state index in [1.165, 1.54) is 0 Å². The van der Waals surface area contributed by atoms with Crippen LogP contribution in [-0.2, 0) is 13.1 Å². The van der Waals surface area contributed by atoms with Crippen LogP contribution in [0.4, 0.5) is 5.95 Å². The molecule has 0 amide bonds. The topological polar surface area (TPSA) is 49.7 Å². The van der Waals surface area contributed by atoms with Crippen molar-refractivity contribution in [2.24, 2.45) is 0 Å². The third-order valence-corrected chi connectivity index (χ3v) is 3.18. The van der Waals surface area contributed by atoms with E-state index in [-0.39, 0.29) is 0 Å². The highest BCUT2D eigenvalue weighted by atomic mass is 32.1. The molecule has 0 saturated heterocycles. The average Bonchev–Trinajstić information content (AvgIpc) is 2.72. The van der Waals surface area contributed by atoms with Crippen LogP contribution in [0.3, 0.4) is 0 Å². The number of hydrogen-bond acceptors (Lipinski definition) is 4. The first-order chi connectivity index (χ1) is 9.11. The van der Waals surface area contributed by atoms with E-state index in [1.807, 2.05) is 36.7 Å². The molecule has 102 valence electrons. The van der Waals surface area contributed by atoms with E-state index in [2.05, 4.69) is 27.0 Å². The lowest BCUT2D eigenvalue weighted by atomic mass is 10.3. The summed E-state index contributed by atoms with van der Waals surface area (Å²) in [7, 11) is 2.00. The van der Waals surface area contributed by atoms with Crippen molar-refractivity contribution in [3.8, 4) is 0 Å². The molecule has 2 rings (SSSR count). The number of rotatable bonds is 5. The van der Waals surface area contributed by atoms with Crippen molar-refractivity contribution in [2.45, 2.75) is 33.4 Å². The van der Waals surface area contributed by atoms with Gasteiger partial charge in [0.25, 0.3) is 0 Å². The van der Waals surface area contributed by atoms with Crippen molar-refractivity contribution in [2.75, 3.05) is 11.9 Å². The van der Waals surface area contributed by atoms with Gasteiger partial charge in [-0.15, -0.1) is 5.10 Å². The molecule has 0 bridgehead atoms. The zero-order valence-electron chi connectivity index (χ0n) is 11.6. The molecule has 0 spiro atoms. The van der Waals surface area contributed by atoms with Gasteiger partial charge in [-0.05, 0) is 37.7 Å². The second-order valence-electron chi connectivity index (χ2n) is 4.61. The summed E-state index contributed by atoms with van der Waals surface area (Å²) in [6, 6.07) is 6.04. The van der Waals surface area contributed by atoms with Crippen LogP contribution in [0, 0.1) is 11.7 Å². The summed E-state index contributed by atoms with van der Waals surface area (Å²) in [6.45, 7) is 5.71. The first-order valence-electron chi connectivity index (χ1n) is 6.40. The van der Waals surface area contributed by atoms with Crippen LogP contribution in [-0.4, -0.2) is 26.8 Å². The second kappa shape index (κ2) is 5.97. The zero-order valence-corrected chi connectivity index (χ0v) is 12.4. The van der Waals surface area contributed by atoms with Gasteiger partial charge in [0, 0.05) is 19.3 Å². The molecule has 1 N–H and O–H groups in total. The molecule has 0 fully saturated rings. The predicted molar refractivity (Wildman–Crippen MR) is 78.8 cm³/mol. The summed E-state index contributed by atoms with van der Waals surface area (Å²) in [5.41, 5.74) is 2.05. The van der Waals surface area contributed by atoms with Gasteiger partial charge in [0.1, 0.15) is 0 Å². The minimum Gasteiger partial charge on any atom is -0.338 e. The molecule has 0 unspecified atom stereocenters. The molecule has 6 heteroatoms. The summed E-state index contributed by atoms with van der Waals surface area (Å²) in [6.07, 6.45) is 1.03. The highest BCUT2D eigenvalue weighted by molar-refractivity contribution is 7.71. The molecule has 0 aliphatic carbocycles. The summed E-state index contributed by atoms with van der Waals surface area (Å²) in [5, 5.41) is 7.15. The summed E-state index contributed by atoms with van der Waals surface area (Å²) >= 11 is 5.25. The number of H-pyrrole nitrogens is 1. The Kier molecular flexibility index (Phi) is 4.31. The quantitative estimate of drug-likeness (QED) is 0.854. The monoisotopic (exact) mass is 277 g/mol. The Hall–Kier alpha value is -1.69. The van der Waals surface area contributed by atoms with Gasteiger partial charge in [-0.1, -0.05) is 13.0 Å². The maximum absolute atomic E-state index is 5.25. The fourth-order valence-corrected chi connectivity index (χ4v) is 2.25. The Morgan fingerprint density at radius 2 is 2.21 bits per heavy atom. The maximum Gasteiger partial charge on any atom is 0.225 e. The van der Waals surface area contributed by atoms with E-state index in [0.29, 0.717) is 11.3 Å². The molecule has 19 heavy (non-hydrogen) atoms. The fourth-order valence-electron chi connectivity index (χ4n) is 2.03. The highest BCUT2D eigenvalue weighted by Gasteiger charge is 2.11. The number of pyridine rings is 1. The van der Waals surface area contributed by atoms with Gasteiger partial charge < -0.3 is 4.90 Å². The molecule has 5 nitrogen and oxygen atoms in total. The van der Waals surface area contributed by atoms with Gasteiger partial charge in [0.15, 0.2) is 4.77 Å². The lowest BCUT2D eigenvalue weighted by Crippen LogP contribution is -2.21. The Balaban J connectivity index is 2.20. The summed E-state index contributed by atoms with van der Waals surface area (Å²) in [4.78, 5) is 6.57. The van der Waals surface area contributed by atoms with E-state index in [1.54, 1.807) is 0 Å². The molecular weight excluding hydrogens is 258 g/mol. The van der Waals surface area contributed by atoms with Gasteiger partial charge in [0.2, 0.25) is 5.95 Å². The molecule has 0 saturated carbocycles. The Morgan fingerprint density at radius 3 is 2.89 bits per heavy atom. The normalized spacial score (nSPS) is 10.7. The molecule has 2 heterocycles. The van der Waals surface area contributed by atoms with Crippen molar-refractivity contribution in [1.82, 2.24) is 19.7 Å². The number of aromatic amines is 1. The van der Waals surface area contributed by atoms with Crippen molar-refractivity contribution in [3.63, 3.8) is 0 Å². The number of nitrogens with zero attached hydrogens (tertiary/aromatic N) is 4. The number of anilines is 1. The number of aromatic nitrogens is 4. The van der Waals surface area contributed by atoms with Crippen LogP contribution >= 0.6 is 12.2 Å². The fraction of sp³-hybridized carbons (Fsp3) is 0.462. The molecule has 2 aromatic rings. The van der Waals surface area contributed by atoms with Crippen LogP contribution in [0.15, 0.2) is 18.2 Å². The van der Waals surface area contributed by atoms with Crippen molar-refractivity contribution in [3.05, 3.63) is 34.4 Å². The first-order valence-corrected chi connectivity index (χ1v) is 6.81. The third kappa shape index (κ3) is 3.20. The molecule has 0 aromatic carbocycles. The van der Waals surface area contributed by atoms with E-state index >= 15 is 0 Å². The van der Waals surface area contributed by atoms with Crippen molar-refractivity contribution >= 4 is 18.2 Å². The minimum atomic E-state index is 0.668. The Morgan fingerprint density at radius 1 is 1.42 bits per heavy atom. The van der Waals surface area contributed by atoms with E-state index in [9.17, 15) is 0 Å². The van der Waals surface area contributed by atoms with Crippen LogP contribution < -0.4 is 4.90 Å². The molecular formula is C13H19N5S. The molecule has 0 atom stereocenters. The van der Waals surface area contributed by atoms with Gasteiger partial charge >= 0.3 is 0 Å². The standard InChI is InChI=1S/C13H19N5S/c1-4-8-18-12(15-16-13(18)19)17(3)9-11-7-5-6-10(2)14-11/h5-7H,4,8-9H2,1-3H3,(H,16,19). The van der Waals surface area contributed by atoms with Gasteiger partial charge in [-0.25, -0.2) is 5.10 Å². The zero-order chi connectivity index (χ0) is 13.8. The second-order valence-corrected chi connectivity index (χ2v) is 4.99. The number of aryl methyl sites for hydroxylation is 1. The van der Waals surface area contributed by atoms with Crippen molar-refractivity contribution in [1.29, 1.82) is 0 Å². The third-order valence-electron chi connectivity index (χ3n) is 2.87. The molecule has 0 aliphatic rings. The van der Waals surface area contributed by atoms with Gasteiger partial charge in [-0.3, -0.25) is 9.55 Å². The average molecular weight is 277 g/mol. The smallest absolute Gasteiger partial charge is 0.225 e. The maximum atomic E-state index is 5.25. The largest absolute Gasteiger partial charge is 0.338 e. The number of nitrogens with one attached hydrogen (secondary N) is 1. The van der Waals surface area contributed by atoms with E-state index in [0.717, 1.165) is 30.3 Å². The van der Waals surface area contributed by atoms with E-state index in [4.69, 9.17) is 12.2 Å². The van der Waals surface area contributed by atoms with Crippen LogP contribution in [0.5, 0.6) is 0 Å². The highest BCUT2D eigenvalue weighted by Crippen LogP contribution is 2.13. The van der Waals surface area contributed by atoms with Gasteiger partial charge in [-0.2, -0.15) is 0 Å². The summed E-state index contributed by atoms with van der Waals surface area (Å²) < 4.78 is 2.69. The SMILES string of the molecule is CCCn1c(N(C)Cc2cccc(C)n2)n[nH]c1=S. The minimum absolute atomic E-state index is 0.668. The lowest BCUT2D eigenvalue weighted by molar-refractivity contribution is 0.653. The Labute approximate surface area is 118 Å². The van der Waals surface area contributed by atoms with E-state index < -0.39 is 0 Å². The molecule has 0 aliphatic heterocycles. The predicted octanol–water partition coefficient (Wildman–Crippen LogP) is 2.69. The first kappa shape index (κ1) is 13.7. The Bertz CT molecular complexity index is 601. The lowest BCUT2D eigenvalue weighted by Gasteiger charge is -2.18. The summed E-state index contributed by atoms with van der Waals surface area (Å²) in [5.74, 6) is 0.857. The van der Waals surface area contributed by atoms with Crippen molar-refractivity contribution < 1.29 is 0 Å². The molecule has 0 radical (unpaired) electrons. The van der Waals surface area contributed by atoms with Crippen LogP contribution in [0.2, 0.25) is 0 Å². The molecule has 2 aromatic heterocycles. The van der Waals surface area contributed by atoms with Crippen LogP contribution in [0.1, 0.15) is 24.7 Å².